The molecule has 0 aromatic heterocycles. The van der Waals surface area contributed by atoms with Gasteiger partial charge in [-0.3, -0.25) is 24.0 Å². The number of hydrogen-bond acceptors (Lipinski definition) is 7. The highest BCUT2D eigenvalue weighted by Crippen LogP contribution is 2.65. The first-order valence-corrected chi connectivity index (χ1v) is 15.4. The Balaban J connectivity index is 1.53. The van der Waals surface area contributed by atoms with Gasteiger partial charge in [0.1, 0.15) is 17.7 Å². The van der Waals surface area contributed by atoms with Gasteiger partial charge >= 0.3 is 12.0 Å². The lowest BCUT2D eigenvalue weighted by molar-refractivity contribution is -0.148. The van der Waals surface area contributed by atoms with Crippen LogP contribution in [-0.4, -0.2) is 71.4 Å². The maximum absolute atomic E-state index is 14.2. The second-order valence-electron chi connectivity index (χ2n) is 14.0. The van der Waals surface area contributed by atoms with Crippen LogP contribution in [0.2, 0.25) is 0 Å². The molecule has 5 atom stereocenters. The smallest absolute Gasteiger partial charge is 0.408 e. The summed E-state index contributed by atoms with van der Waals surface area (Å²) in [6.07, 6.45) is 7.61. The van der Waals surface area contributed by atoms with Crippen LogP contribution in [-0.2, 0) is 28.8 Å². The van der Waals surface area contributed by atoms with Gasteiger partial charge in [-0.2, -0.15) is 0 Å². The minimum absolute atomic E-state index is 0.0372. The molecular weight excluding hydrogens is 540 g/mol. The molecule has 3 N–H and O–H groups in total. The number of amides is 4. The lowest BCUT2D eigenvalue weighted by Gasteiger charge is -2.37. The SMILES string of the molecule is C=CCONC(=O)C(=O)C(CC1CC1)NC(=O)[C@@H]1C2C(CN1C(=O)[C@@H](NC(=O)OC(C)(C)C)C1CCCCC1)C2(C)C. The van der Waals surface area contributed by atoms with E-state index in [0.717, 1.165) is 44.9 Å². The van der Waals surface area contributed by atoms with Crippen molar-refractivity contribution in [3.05, 3.63) is 12.7 Å². The molecule has 0 bridgehead atoms. The van der Waals surface area contributed by atoms with E-state index in [1.54, 1.807) is 25.7 Å². The van der Waals surface area contributed by atoms with E-state index >= 15 is 0 Å². The van der Waals surface area contributed by atoms with E-state index in [-0.39, 0.29) is 41.6 Å². The fraction of sp³-hybridized carbons (Fsp3) is 0.774. The fourth-order valence-corrected chi connectivity index (χ4v) is 6.83. The van der Waals surface area contributed by atoms with Crippen molar-refractivity contribution < 1.29 is 33.5 Å². The molecule has 4 aliphatic rings. The highest BCUT2D eigenvalue weighted by atomic mass is 16.6. The number of carbonyl (C=O) groups excluding carboxylic acids is 5. The first kappa shape index (κ1) is 32.0. The molecule has 4 amide bonds. The summed E-state index contributed by atoms with van der Waals surface area (Å²) in [5.74, 6) is -2.23. The second kappa shape index (κ2) is 12.7. The van der Waals surface area contributed by atoms with Crippen LogP contribution in [0.1, 0.15) is 86.0 Å². The minimum atomic E-state index is -1.02. The monoisotopic (exact) mass is 588 g/mol. The topological polar surface area (TPSA) is 143 Å². The van der Waals surface area contributed by atoms with Crippen molar-refractivity contribution in [2.45, 2.75) is 110 Å². The van der Waals surface area contributed by atoms with Gasteiger partial charge in [-0.1, -0.05) is 52.0 Å². The Morgan fingerprint density at radius 2 is 1.69 bits per heavy atom. The highest BCUT2D eigenvalue weighted by molar-refractivity contribution is 6.38. The average Bonchev–Trinajstić information content (AvgIpc) is 3.77. The summed E-state index contributed by atoms with van der Waals surface area (Å²) in [6, 6.07) is -2.64. The van der Waals surface area contributed by atoms with Crippen LogP contribution in [0.3, 0.4) is 0 Å². The van der Waals surface area contributed by atoms with E-state index in [1.165, 1.54) is 6.08 Å². The zero-order chi connectivity index (χ0) is 30.8. The number of nitrogens with zero attached hydrogens (tertiary/aromatic N) is 1. The normalized spacial score (nSPS) is 26.3. The van der Waals surface area contributed by atoms with Crippen LogP contribution in [0, 0.1) is 29.1 Å². The van der Waals surface area contributed by atoms with Gasteiger partial charge in [0.15, 0.2) is 0 Å². The molecule has 3 unspecified atom stereocenters. The standard InChI is InChI=1S/C31H48N4O7/c1-7-15-41-34-27(38)25(36)21(16-18-13-14-18)32-26(37)24-22-20(31(22,5)6)17-35(24)28(39)23(19-11-9-8-10-12-19)33-29(40)42-30(2,3)4/h7,18-24H,1,8-17H2,2-6H3,(H,32,37)(H,33,40)(H,34,38)/t20?,21?,22?,23-,24-/m0/s1. The number of ketones is 1. The van der Waals surface area contributed by atoms with Crippen LogP contribution in [0.5, 0.6) is 0 Å². The lowest BCUT2D eigenvalue weighted by atomic mass is 9.83. The Morgan fingerprint density at radius 3 is 2.29 bits per heavy atom. The third-order valence-electron chi connectivity index (χ3n) is 9.31. The highest BCUT2D eigenvalue weighted by Gasteiger charge is 2.69. The molecular formula is C31H48N4O7. The largest absolute Gasteiger partial charge is 0.444 e. The Kier molecular flexibility index (Phi) is 9.69. The predicted octanol–water partition coefficient (Wildman–Crippen LogP) is 3.03. The van der Waals surface area contributed by atoms with Crippen molar-refractivity contribution in [1.82, 2.24) is 21.0 Å². The first-order chi connectivity index (χ1) is 19.7. The van der Waals surface area contributed by atoms with Crippen molar-refractivity contribution in [3.63, 3.8) is 0 Å². The maximum atomic E-state index is 14.2. The number of likely N-dealkylation sites (tertiary alicyclic amines) is 1. The van der Waals surface area contributed by atoms with Crippen LogP contribution < -0.4 is 16.1 Å². The van der Waals surface area contributed by atoms with E-state index in [9.17, 15) is 24.0 Å². The quantitative estimate of drug-likeness (QED) is 0.138. The van der Waals surface area contributed by atoms with Crippen molar-refractivity contribution in [2.75, 3.05) is 13.2 Å². The van der Waals surface area contributed by atoms with E-state index in [2.05, 4.69) is 36.5 Å². The van der Waals surface area contributed by atoms with Crippen LogP contribution >= 0.6 is 0 Å². The van der Waals surface area contributed by atoms with Gasteiger partial charge in [0.25, 0.3) is 0 Å². The zero-order valence-corrected chi connectivity index (χ0v) is 25.7. The number of alkyl carbamates (subject to hydrolysis) is 1. The predicted molar refractivity (Wildman–Crippen MR) is 155 cm³/mol. The van der Waals surface area contributed by atoms with Gasteiger partial charge in [-0.25, -0.2) is 10.3 Å². The Labute approximate surface area is 248 Å². The first-order valence-electron chi connectivity index (χ1n) is 15.4. The third-order valence-corrected chi connectivity index (χ3v) is 9.31. The molecule has 0 spiro atoms. The second-order valence-corrected chi connectivity index (χ2v) is 14.0. The molecule has 11 nitrogen and oxygen atoms in total. The van der Waals surface area contributed by atoms with Crippen LogP contribution in [0.15, 0.2) is 12.7 Å². The maximum Gasteiger partial charge on any atom is 0.408 e. The summed E-state index contributed by atoms with van der Waals surface area (Å²) in [7, 11) is 0. The molecule has 42 heavy (non-hydrogen) atoms. The number of piperidine rings is 1. The summed E-state index contributed by atoms with van der Waals surface area (Å²) in [4.78, 5) is 73.1. The number of nitrogens with one attached hydrogen (secondary N) is 3. The van der Waals surface area contributed by atoms with Crippen LogP contribution in [0.25, 0.3) is 0 Å². The minimum Gasteiger partial charge on any atom is -0.444 e. The van der Waals surface area contributed by atoms with E-state index in [1.807, 2.05) is 0 Å². The van der Waals surface area contributed by atoms with E-state index in [0.29, 0.717) is 13.0 Å². The molecule has 1 aliphatic heterocycles. The van der Waals surface area contributed by atoms with Gasteiger partial charge in [0, 0.05) is 6.54 Å². The van der Waals surface area contributed by atoms with Gasteiger partial charge in [-0.15, -0.1) is 6.58 Å². The number of hydrogen-bond donors (Lipinski definition) is 3. The Bertz CT molecular complexity index is 1070. The zero-order valence-electron chi connectivity index (χ0n) is 25.7. The van der Waals surface area contributed by atoms with Crippen molar-refractivity contribution in [2.24, 2.45) is 29.1 Å². The van der Waals surface area contributed by atoms with Crippen molar-refractivity contribution in [1.29, 1.82) is 0 Å². The van der Waals surface area contributed by atoms with Gasteiger partial charge in [-0.05, 0) is 69.1 Å². The number of carbonyl (C=O) groups is 5. The summed E-state index contributed by atoms with van der Waals surface area (Å²) < 4.78 is 5.50. The van der Waals surface area contributed by atoms with E-state index in [4.69, 9.17) is 9.57 Å². The van der Waals surface area contributed by atoms with Gasteiger partial charge in [0.05, 0.1) is 12.6 Å². The Morgan fingerprint density at radius 1 is 1.02 bits per heavy atom. The molecule has 0 aromatic carbocycles. The van der Waals surface area contributed by atoms with Gasteiger partial charge in [0.2, 0.25) is 17.6 Å². The molecule has 3 saturated carbocycles. The number of rotatable bonds is 12. The molecule has 4 rings (SSSR count). The summed E-state index contributed by atoms with van der Waals surface area (Å²) >= 11 is 0. The molecule has 1 heterocycles. The number of fused-ring (bicyclic) bond motifs is 1. The third kappa shape index (κ3) is 7.51. The molecule has 0 radical (unpaired) electrons. The molecule has 1 saturated heterocycles. The van der Waals surface area contributed by atoms with Gasteiger partial charge < -0.3 is 20.3 Å². The van der Waals surface area contributed by atoms with Crippen molar-refractivity contribution >= 4 is 29.6 Å². The molecule has 234 valence electrons. The summed E-state index contributed by atoms with van der Waals surface area (Å²) in [6.45, 7) is 13.4. The number of Topliss-reactive ketones (excluding diaryl/α,β-unsaturated/α-hetero) is 1. The summed E-state index contributed by atoms with van der Waals surface area (Å²) in [5, 5.41) is 5.69. The molecule has 11 heteroatoms. The lowest BCUT2D eigenvalue weighted by Crippen LogP contribution is -2.60. The van der Waals surface area contributed by atoms with Crippen LogP contribution in [0.4, 0.5) is 4.79 Å². The Hall–Kier alpha value is -2.95. The summed E-state index contributed by atoms with van der Waals surface area (Å²) in [5.41, 5.74) is 1.24. The molecule has 4 fully saturated rings. The average molecular weight is 589 g/mol. The number of ether oxygens (including phenoxy) is 1. The molecule has 3 aliphatic carbocycles. The van der Waals surface area contributed by atoms with Crippen molar-refractivity contribution in [3.8, 4) is 0 Å². The van der Waals surface area contributed by atoms with E-state index < -0.39 is 47.4 Å². The molecule has 0 aromatic rings. The fourth-order valence-electron chi connectivity index (χ4n) is 6.83. The number of hydroxylamine groups is 1.